The Balaban J connectivity index is 1.07. The fourth-order valence-corrected chi connectivity index (χ4v) is 7.41. The van der Waals surface area contributed by atoms with Crippen LogP contribution >= 0.6 is 0 Å². The molecule has 0 radical (unpaired) electrons. The van der Waals surface area contributed by atoms with Gasteiger partial charge in [-0.25, -0.2) is 0 Å². The summed E-state index contributed by atoms with van der Waals surface area (Å²) in [5, 5.41) is 10.3. The summed E-state index contributed by atoms with van der Waals surface area (Å²) in [5.41, 5.74) is 3.86. The molecule has 6 heteroatoms. The molecule has 2 aromatic carbocycles. The SMILES string of the molecule is COc1ccc2c3c1OC1CC(O)C=CC31CCN(CCN1CC3CC1CN3c1ccccc1)C2. The molecule has 2 fully saturated rings. The number of benzene rings is 2. The average Bonchev–Trinajstić information content (AvgIpc) is 3.54. The zero-order valence-electron chi connectivity index (χ0n) is 20.5. The van der Waals surface area contributed by atoms with Crippen molar-refractivity contribution < 1.29 is 14.6 Å². The predicted octanol–water partition coefficient (Wildman–Crippen LogP) is 3.18. The van der Waals surface area contributed by atoms with Gasteiger partial charge < -0.3 is 19.5 Å². The third kappa shape index (κ3) is 3.41. The maximum atomic E-state index is 10.3. The minimum Gasteiger partial charge on any atom is -0.493 e. The molecule has 2 bridgehead atoms. The summed E-state index contributed by atoms with van der Waals surface area (Å²) in [6.45, 7) is 6.52. The number of methoxy groups -OCH3 is 1. The summed E-state index contributed by atoms with van der Waals surface area (Å²) in [5.74, 6) is 1.71. The van der Waals surface area contributed by atoms with Crippen molar-refractivity contribution >= 4 is 5.69 Å². The standard InChI is InChI=1S/C29H35N3O3/c1-34-25-8-7-20-17-30(12-11-29-10-9-24(33)16-26(29)35-28(25)27(20)29)13-14-31-18-23-15-22(31)19-32(23)21-5-3-2-4-6-21/h2-10,22-24,26,33H,11-19H2,1H3. The van der Waals surface area contributed by atoms with Gasteiger partial charge in [0.2, 0.25) is 0 Å². The molecule has 1 spiro atoms. The zero-order valence-corrected chi connectivity index (χ0v) is 20.5. The highest BCUT2D eigenvalue weighted by molar-refractivity contribution is 5.61. The molecule has 5 atom stereocenters. The minimum atomic E-state index is -0.435. The molecular weight excluding hydrogens is 438 g/mol. The van der Waals surface area contributed by atoms with Gasteiger partial charge in [-0.2, -0.15) is 0 Å². The molecule has 2 aromatic rings. The fourth-order valence-electron chi connectivity index (χ4n) is 7.41. The van der Waals surface area contributed by atoms with Crippen LogP contribution in [0.1, 0.15) is 30.4 Å². The first-order chi connectivity index (χ1) is 17.1. The van der Waals surface area contributed by atoms with Gasteiger partial charge in [-0.15, -0.1) is 0 Å². The summed E-state index contributed by atoms with van der Waals surface area (Å²) in [6, 6.07) is 16.5. The number of fused-ring (bicyclic) bond motifs is 2. The summed E-state index contributed by atoms with van der Waals surface area (Å²) >= 11 is 0. The number of aliphatic hydroxyl groups excluding tert-OH is 1. The van der Waals surface area contributed by atoms with Gasteiger partial charge in [0.05, 0.1) is 18.6 Å². The average molecular weight is 474 g/mol. The number of aliphatic hydroxyl groups is 1. The highest BCUT2D eigenvalue weighted by Gasteiger charge is 2.53. The summed E-state index contributed by atoms with van der Waals surface area (Å²) in [7, 11) is 1.71. The number of nitrogens with zero attached hydrogens (tertiary/aromatic N) is 3. The van der Waals surface area contributed by atoms with Crippen LogP contribution in [-0.2, 0) is 12.0 Å². The second-order valence-electron chi connectivity index (χ2n) is 11.0. The van der Waals surface area contributed by atoms with E-state index in [0.29, 0.717) is 18.5 Å². The number of ether oxygens (including phenoxy) is 2. The molecule has 35 heavy (non-hydrogen) atoms. The van der Waals surface area contributed by atoms with E-state index in [9.17, 15) is 5.11 Å². The first kappa shape index (κ1) is 21.7. The van der Waals surface area contributed by atoms with Crippen LogP contribution in [0.2, 0.25) is 0 Å². The molecule has 0 amide bonds. The van der Waals surface area contributed by atoms with E-state index in [4.69, 9.17) is 9.47 Å². The van der Waals surface area contributed by atoms with Crippen molar-refractivity contribution in [3.05, 3.63) is 65.7 Å². The molecule has 6 nitrogen and oxygen atoms in total. The van der Waals surface area contributed by atoms with Crippen LogP contribution in [0.25, 0.3) is 0 Å². The largest absolute Gasteiger partial charge is 0.493 e. The van der Waals surface area contributed by atoms with Crippen molar-refractivity contribution in [3.63, 3.8) is 0 Å². The van der Waals surface area contributed by atoms with Crippen molar-refractivity contribution in [3.8, 4) is 11.5 Å². The first-order valence-corrected chi connectivity index (χ1v) is 13.2. The normalized spacial score (nSPS) is 33.4. The van der Waals surface area contributed by atoms with E-state index in [0.717, 1.165) is 50.6 Å². The number of rotatable bonds is 5. The van der Waals surface area contributed by atoms with E-state index in [2.05, 4.69) is 63.2 Å². The van der Waals surface area contributed by atoms with Crippen molar-refractivity contribution in [1.82, 2.24) is 9.80 Å². The lowest BCUT2D eigenvalue weighted by molar-refractivity contribution is 0.0801. The van der Waals surface area contributed by atoms with Gasteiger partial charge in [0, 0.05) is 62.5 Å². The molecule has 2 saturated heterocycles. The molecular formula is C29H35N3O3. The van der Waals surface area contributed by atoms with Crippen LogP contribution in [-0.4, -0.2) is 79.0 Å². The Hall–Kier alpha value is -2.54. The number of likely N-dealkylation sites (tertiary alicyclic amines) is 1. The maximum absolute atomic E-state index is 10.3. The van der Waals surface area contributed by atoms with E-state index < -0.39 is 6.10 Å². The third-order valence-electron chi connectivity index (χ3n) is 9.18. The van der Waals surface area contributed by atoms with Gasteiger partial charge in [0.1, 0.15) is 6.10 Å². The lowest BCUT2D eigenvalue weighted by Gasteiger charge is -2.37. The molecule has 7 rings (SSSR count). The molecule has 4 heterocycles. The third-order valence-corrected chi connectivity index (χ3v) is 9.18. The van der Waals surface area contributed by atoms with E-state index in [1.807, 2.05) is 6.08 Å². The van der Waals surface area contributed by atoms with Crippen LogP contribution in [0, 0.1) is 0 Å². The van der Waals surface area contributed by atoms with Crippen LogP contribution in [0.5, 0.6) is 11.5 Å². The second kappa shape index (κ2) is 8.26. The van der Waals surface area contributed by atoms with Crippen LogP contribution in [0.4, 0.5) is 5.69 Å². The number of hydrogen-bond acceptors (Lipinski definition) is 6. The van der Waals surface area contributed by atoms with E-state index in [1.54, 1.807) is 7.11 Å². The lowest BCUT2D eigenvalue weighted by atomic mass is 9.69. The van der Waals surface area contributed by atoms with E-state index in [-0.39, 0.29) is 11.5 Å². The minimum absolute atomic E-state index is 0.0224. The van der Waals surface area contributed by atoms with Gasteiger partial charge >= 0.3 is 0 Å². The lowest BCUT2D eigenvalue weighted by Crippen LogP contribution is -2.48. The molecule has 0 saturated carbocycles. The van der Waals surface area contributed by atoms with Gasteiger partial charge in [-0.3, -0.25) is 9.80 Å². The Morgan fingerprint density at radius 2 is 1.94 bits per heavy atom. The number of piperazine rings is 1. The van der Waals surface area contributed by atoms with Gasteiger partial charge in [0.25, 0.3) is 0 Å². The van der Waals surface area contributed by atoms with Gasteiger partial charge in [-0.05, 0) is 43.1 Å². The van der Waals surface area contributed by atoms with Crippen molar-refractivity contribution in [1.29, 1.82) is 0 Å². The first-order valence-electron chi connectivity index (χ1n) is 13.2. The summed E-state index contributed by atoms with van der Waals surface area (Å²) in [4.78, 5) is 7.96. The Kier molecular flexibility index (Phi) is 5.12. The van der Waals surface area contributed by atoms with Crippen LogP contribution in [0.15, 0.2) is 54.6 Å². The molecule has 1 N–H and O–H groups in total. The smallest absolute Gasteiger partial charge is 0.166 e. The highest BCUT2D eigenvalue weighted by Crippen LogP contribution is 2.55. The molecule has 5 unspecified atom stereocenters. The Bertz CT molecular complexity index is 1140. The molecule has 4 aliphatic heterocycles. The predicted molar refractivity (Wildman–Crippen MR) is 136 cm³/mol. The quantitative estimate of drug-likeness (QED) is 0.674. The van der Waals surface area contributed by atoms with Gasteiger partial charge in [-0.1, -0.05) is 36.4 Å². The van der Waals surface area contributed by atoms with Crippen LogP contribution < -0.4 is 14.4 Å². The van der Waals surface area contributed by atoms with Gasteiger partial charge in [0.15, 0.2) is 11.5 Å². The fraction of sp³-hybridized carbons (Fsp3) is 0.517. The van der Waals surface area contributed by atoms with E-state index in [1.165, 1.54) is 29.8 Å². The van der Waals surface area contributed by atoms with E-state index >= 15 is 0 Å². The summed E-state index contributed by atoms with van der Waals surface area (Å²) in [6.07, 6.45) is 6.70. The monoisotopic (exact) mass is 473 g/mol. The zero-order chi connectivity index (χ0) is 23.6. The molecule has 1 aliphatic carbocycles. The Labute approximate surface area is 207 Å². The van der Waals surface area contributed by atoms with Crippen LogP contribution in [0.3, 0.4) is 0 Å². The molecule has 0 aromatic heterocycles. The number of para-hydroxylation sites is 1. The topological polar surface area (TPSA) is 48.4 Å². The van der Waals surface area contributed by atoms with Crippen molar-refractivity contribution in [2.45, 2.75) is 55.5 Å². The van der Waals surface area contributed by atoms with Crippen molar-refractivity contribution in [2.75, 3.05) is 44.7 Å². The molecule has 5 aliphatic rings. The highest BCUT2D eigenvalue weighted by atomic mass is 16.5. The maximum Gasteiger partial charge on any atom is 0.166 e. The Morgan fingerprint density at radius 3 is 2.74 bits per heavy atom. The Morgan fingerprint density at radius 1 is 1.06 bits per heavy atom. The molecule has 184 valence electrons. The second-order valence-corrected chi connectivity index (χ2v) is 11.0. The van der Waals surface area contributed by atoms with Crippen molar-refractivity contribution in [2.24, 2.45) is 0 Å². The summed E-state index contributed by atoms with van der Waals surface area (Å²) < 4.78 is 12.1. The number of anilines is 1. The number of hydrogen-bond donors (Lipinski definition) is 1.